The van der Waals surface area contributed by atoms with E-state index >= 15 is 0 Å². The Kier molecular flexibility index (Phi) is 14.4. The lowest BCUT2D eigenvalue weighted by Crippen LogP contribution is -2.57. The van der Waals surface area contributed by atoms with Gasteiger partial charge in [0.15, 0.2) is 11.6 Å². The van der Waals surface area contributed by atoms with Gasteiger partial charge in [0.25, 0.3) is 11.8 Å². The van der Waals surface area contributed by atoms with Crippen molar-refractivity contribution < 1.29 is 84.1 Å². The lowest BCUT2D eigenvalue weighted by molar-refractivity contribution is -0.192. The Hall–Kier alpha value is -4.89. The lowest BCUT2D eigenvalue weighted by atomic mass is 9.56. The number of ether oxygens (including phenoxy) is 3. The van der Waals surface area contributed by atoms with Crippen LogP contribution < -0.4 is 0 Å². The van der Waals surface area contributed by atoms with Gasteiger partial charge in [-0.15, -0.1) is 0 Å². The molecular weight excluding hydrogens is 1100 g/mol. The molecule has 460 valence electrons. The number of aliphatic hydroxyl groups excluding tert-OH is 1. The molecule has 5 aliphatic heterocycles. The van der Waals surface area contributed by atoms with Gasteiger partial charge >= 0.3 is 30.3 Å². The van der Waals surface area contributed by atoms with Crippen molar-refractivity contribution in [2.45, 2.75) is 218 Å². The van der Waals surface area contributed by atoms with E-state index in [0.29, 0.717) is 75.7 Å². The molecular formula is C63H79F6N3O12. The smallest absolute Gasteiger partial charge is 0.429 e. The number of amides is 4. The molecule has 4 amide bonds. The van der Waals surface area contributed by atoms with Crippen LogP contribution in [0.2, 0.25) is 0 Å². The fourth-order valence-corrected chi connectivity index (χ4v) is 20.1. The maximum atomic E-state index is 14.5. The summed E-state index contributed by atoms with van der Waals surface area (Å²) >= 11 is 0. The number of halogens is 6. The van der Waals surface area contributed by atoms with Crippen LogP contribution in [0, 0.1) is 70.0 Å². The van der Waals surface area contributed by atoms with E-state index in [9.17, 15) is 65.0 Å². The molecule has 4 saturated carbocycles. The molecule has 13 rings (SSSR count). The van der Waals surface area contributed by atoms with Crippen LogP contribution in [0.3, 0.4) is 0 Å². The summed E-state index contributed by atoms with van der Waals surface area (Å²) in [5, 5.41) is 10.7. The maximum Gasteiger partial charge on any atom is 0.534 e. The number of nitrogens with zero attached hydrogens (tertiary/aromatic N) is 3. The van der Waals surface area contributed by atoms with Crippen LogP contribution in [0.1, 0.15) is 158 Å². The number of alkyl halides is 6. The summed E-state index contributed by atoms with van der Waals surface area (Å²) in [4.78, 5) is 96.8. The fraction of sp³-hybridized carbons (Fsp3) is 0.762. The van der Waals surface area contributed by atoms with Crippen molar-refractivity contribution in [2.24, 2.45) is 70.0 Å². The maximum absolute atomic E-state index is 14.5. The molecule has 0 aromatic carbocycles. The van der Waals surface area contributed by atoms with Gasteiger partial charge in [0, 0.05) is 67.2 Å². The third-order valence-corrected chi connectivity index (χ3v) is 23.9. The molecule has 5 saturated heterocycles. The van der Waals surface area contributed by atoms with E-state index in [1.165, 1.54) is 5.57 Å². The van der Waals surface area contributed by atoms with Crippen molar-refractivity contribution in [1.82, 2.24) is 14.9 Å². The standard InChI is InChI=1S/C34H41F3N2O8.C29H38F3NO4/c1-16-13-23-28(38(15-16)30(43)34(35,36)37)18(3)33(46-23)12-10-21-22-6-5-19-14-20(45-31(44)47-39-24(40)7-8-25(39)41)9-11-32(19,4)27(22)29(42)26(21)17(33)2;1-14-11-21-24(33(13-14)26(36)29(30,31)32)16(3)28(37-21)10-8-19-20-6-5-17-12-18(34)7-9-27(17,4)23(20)25(35)22(19)15(28)2/h5,16,18,20-23,27-28H,6-15H2,1-4H3;5,14,16,18-21,23-24,34H,6-13H2,1-4H3/t16-,18+,20-,21-,22-,23+,27+,28-,32-,33?;14-,16+,18-,19-,20-,21+,23+,24-,27-,28?/m00/s1. The number of fused-ring (bicyclic) bond motifs is 12. The van der Waals surface area contributed by atoms with Crippen LogP contribution in [0.4, 0.5) is 31.1 Å². The predicted molar refractivity (Wildman–Crippen MR) is 287 cm³/mol. The molecule has 0 radical (unpaired) electrons. The molecule has 2 spiro atoms. The number of allylic oxidation sites excluding steroid dienone is 4. The second-order valence-corrected chi connectivity index (χ2v) is 28.2. The van der Waals surface area contributed by atoms with Crippen molar-refractivity contribution in [2.75, 3.05) is 13.1 Å². The molecule has 15 nitrogen and oxygen atoms in total. The van der Waals surface area contributed by atoms with Gasteiger partial charge in [0.2, 0.25) is 0 Å². The zero-order chi connectivity index (χ0) is 60.4. The number of rotatable bonds is 2. The number of hydrogen-bond donors (Lipinski definition) is 1. The Bertz CT molecular complexity index is 2970. The highest BCUT2D eigenvalue weighted by Crippen LogP contribution is 2.67. The monoisotopic (exact) mass is 1180 g/mol. The molecule has 8 aliphatic carbocycles. The number of hydrogen-bond acceptors (Lipinski definition) is 12. The molecule has 20 atom stereocenters. The number of Topliss-reactive ketones (excluding diaryl/α,β-unsaturated/α-hetero) is 2. The molecule has 5 heterocycles. The number of piperidine rings is 2. The average molecular weight is 1180 g/mol. The number of likely N-dealkylation sites (tertiary alicyclic amines) is 2. The Morgan fingerprint density at radius 2 is 1.06 bits per heavy atom. The number of imide groups is 1. The second-order valence-electron chi connectivity index (χ2n) is 28.2. The quantitative estimate of drug-likeness (QED) is 0.120. The van der Waals surface area contributed by atoms with E-state index in [0.717, 1.165) is 56.9 Å². The second kappa shape index (κ2) is 20.3. The van der Waals surface area contributed by atoms with Crippen molar-refractivity contribution in [3.05, 3.63) is 45.6 Å². The molecule has 0 aromatic rings. The molecule has 1 N–H and O–H groups in total. The van der Waals surface area contributed by atoms with Crippen molar-refractivity contribution in [3.63, 3.8) is 0 Å². The van der Waals surface area contributed by atoms with E-state index in [-0.39, 0.29) is 102 Å². The molecule has 13 aliphatic rings. The SMILES string of the molecule is CC1=C2C(=O)[C@H]3[C@@H](CC=C4C[C@@H](O)CC[C@@]43C)[C@@H]2CCC12O[C@@H]1C[C@H](C)CN(C(=O)C(F)(F)F)[C@H]1[C@H]2C.CC1=C2C(=O)[C@H]3[C@@H](CC=C4C[C@@H](OC(=O)ON5C(=O)CCC5=O)CC[C@@]43C)[C@@H]2CCC12O[C@@H]1C[C@H](C)CN(C(=O)C(F)(F)F)[C@H]1[C@H]2C. The zero-order valence-corrected chi connectivity index (χ0v) is 49.2. The number of hydroxylamine groups is 2. The first-order valence-corrected chi connectivity index (χ1v) is 30.8. The molecule has 21 heteroatoms. The van der Waals surface area contributed by atoms with Crippen molar-refractivity contribution in [3.8, 4) is 0 Å². The van der Waals surface area contributed by atoms with Gasteiger partial charge in [-0.05, 0) is 155 Å². The highest BCUT2D eigenvalue weighted by Gasteiger charge is 2.68. The van der Waals surface area contributed by atoms with Crippen LogP contribution in [-0.4, -0.2) is 134 Å². The lowest BCUT2D eigenvalue weighted by Gasteiger charge is -2.48. The third-order valence-electron chi connectivity index (χ3n) is 23.9. The van der Waals surface area contributed by atoms with E-state index in [1.54, 1.807) is 0 Å². The van der Waals surface area contributed by atoms with Gasteiger partial charge in [-0.25, -0.2) is 4.79 Å². The van der Waals surface area contributed by atoms with Gasteiger partial charge in [-0.3, -0.25) is 33.6 Å². The Morgan fingerprint density at radius 1 is 0.631 bits per heavy atom. The van der Waals surface area contributed by atoms with Crippen LogP contribution in [0.15, 0.2) is 45.6 Å². The van der Waals surface area contributed by atoms with Gasteiger partial charge < -0.3 is 29.1 Å². The summed E-state index contributed by atoms with van der Waals surface area (Å²) in [6.07, 6.45) is 0.424. The van der Waals surface area contributed by atoms with Gasteiger partial charge in [0.1, 0.15) is 6.10 Å². The minimum atomic E-state index is -4.98. The largest absolute Gasteiger partial charge is 0.534 e. The van der Waals surface area contributed by atoms with Crippen LogP contribution in [0.25, 0.3) is 0 Å². The average Bonchev–Trinajstić information content (AvgIpc) is 1.59. The van der Waals surface area contributed by atoms with E-state index in [2.05, 4.69) is 26.0 Å². The van der Waals surface area contributed by atoms with E-state index in [4.69, 9.17) is 19.0 Å². The summed E-state index contributed by atoms with van der Waals surface area (Å²) < 4.78 is 101. The van der Waals surface area contributed by atoms with Crippen LogP contribution in [-0.2, 0) is 47.8 Å². The number of ketones is 2. The normalized spacial score (nSPS) is 44.1. The minimum Gasteiger partial charge on any atom is -0.429 e. The highest BCUT2D eigenvalue weighted by atomic mass is 19.4. The Balaban J connectivity index is 0.000000170. The van der Waals surface area contributed by atoms with Crippen molar-refractivity contribution >= 4 is 41.4 Å². The summed E-state index contributed by atoms with van der Waals surface area (Å²) in [5.74, 6) is -5.51. The first-order valence-electron chi connectivity index (χ1n) is 30.8. The van der Waals surface area contributed by atoms with E-state index in [1.807, 2.05) is 41.5 Å². The summed E-state index contributed by atoms with van der Waals surface area (Å²) in [6, 6.07) is -1.37. The number of carbonyl (C=O) groups is 7. The highest BCUT2D eigenvalue weighted by molar-refractivity contribution is 6.04. The molecule has 9 fully saturated rings. The van der Waals surface area contributed by atoms with Gasteiger partial charge in [-0.2, -0.15) is 26.3 Å². The van der Waals surface area contributed by atoms with Gasteiger partial charge in [0.05, 0.1) is 41.6 Å². The molecule has 0 aromatic heterocycles. The predicted octanol–water partition coefficient (Wildman–Crippen LogP) is 10.2. The van der Waals surface area contributed by atoms with Crippen LogP contribution >= 0.6 is 0 Å². The summed E-state index contributed by atoms with van der Waals surface area (Å²) in [5.41, 5.74) is 3.06. The Labute approximate surface area is 485 Å². The molecule has 84 heavy (non-hydrogen) atoms. The molecule has 2 unspecified atom stereocenters. The minimum absolute atomic E-state index is 0.0116. The zero-order valence-electron chi connectivity index (χ0n) is 49.2. The topological polar surface area (TPSA) is 186 Å². The third kappa shape index (κ3) is 8.89. The first-order chi connectivity index (χ1) is 39.4. The number of carbonyl (C=O) groups excluding carboxylic acids is 7. The first kappa shape index (κ1) is 59.4. The Morgan fingerprint density at radius 3 is 1.50 bits per heavy atom. The van der Waals surface area contributed by atoms with Crippen molar-refractivity contribution in [1.29, 1.82) is 0 Å². The van der Waals surface area contributed by atoms with E-state index < -0.39 is 95.1 Å². The summed E-state index contributed by atoms with van der Waals surface area (Å²) in [6.45, 7) is 15.7. The number of aliphatic hydroxyl groups is 1. The van der Waals surface area contributed by atoms with Crippen LogP contribution in [0.5, 0.6) is 0 Å². The molecule has 0 bridgehead atoms. The summed E-state index contributed by atoms with van der Waals surface area (Å²) in [7, 11) is 0. The van der Waals surface area contributed by atoms with Gasteiger partial charge in [-0.1, -0.05) is 69.9 Å². The fourth-order valence-electron chi connectivity index (χ4n) is 20.1.